The van der Waals surface area contributed by atoms with Crippen molar-refractivity contribution in [3.63, 3.8) is 0 Å². The third kappa shape index (κ3) is 3.09. The van der Waals surface area contributed by atoms with Crippen LogP contribution in [0.15, 0.2) is 29.2 Å². The van der Waals surface area contributed by atoms with Gasteiger partial charge in [-0.25, -0.2) is 0 Å². The van der Waals surface area contributed by atoms with Gasteiger partial charge in [0.1, 0.15) is 4.90 Å². The molecule has 5 nitrogen and oxygen atoms in total. The second-order valence-electron chi connectivity index (χ2n) is 2.59. The quantitative estimate of drug-likeness (QED) is 0.509. The van der Waals surface area contributed by atoms with E-state index in [0.717, 1.165) is 0 Å². The Labute approximate surface area is 86.7 Å². The zero-order chi connectivity index (χ0) is 11.5. The fourth-order valence-corrected chi connectivity index (χ4v) is 1.57. The van der Waals surface area contributed by atoms with Crippen LogP contribution < -0.4 is 5.73 Å². The second kappa shape index (κ2) is 4.13. The smallest absolute Gasteiger partial charge is 0.295 e. The Kier molecular flexibility index (Phi) is 3.09. The van der Waals surface area contributed by atoms with Crippen LogP contribution in [0.5, 0.6) is 0 Å². The molecule has 0 radical (unpaired) electrons. The zero-order valence-corrected chi connectivity index (χ0v) is 8.28. The number of carbonyl (C=O) groups excluding carboxylic acids is 1. The number of rotatable bonds is 1. The predicted octanol–water partition coefficient (Wildman–Crippen LogP) is -0.230. The van der Waals surface area contributed by atoms with Crippen LogP contribution >= 0.6 is 0 Å². The highest BCUT2D eigenvalue weighted by atomic mass is 32.2. The Bertz CT molecular complexity index is 551. The molecule has 0 saturated heterocycles. The number of carbonyl (C=O) groups is 1. The minimum Gasteiger partial charge on any atom is -0.359 e. The van der Waals surface area contributed by atoms with Gasteiger partial charge in [0.2, 0.25) is 0 Å². The number of primary amides is 1. The summed E-state index contributed by atoms with van der Waals surface area (Å²) in [4.78, 5) is 10.0. The van der Waals surface area contributed by atoms with E-state index in [0.29, 0.717) is 0 Å². The van der Waals surface area contributed by atoms with E-state index in [-0.39, 0.29) is 10.5 Å². The first kappa shape index (κ1) is 11.2. The maximum absolute atomic E-state index is 10.9. The standard InChI is InChI=1S/C9H7NO4S/c10-9(11)6-5-7-3-1-2-4-8(7)15(12,13)14/h1-4H,(H2,10,11)(H,12,13,14). The molecule has 78 valence electrons. The Balaban J connectivity index is 3.34. The predicted molar refractivity (Wildman–Crippen MR) is 52.3 cm³/mol. The number of hydrogen-bond donors (Lipinski definition) is 2. The van der Waals surface area contributed by atoms with Gasteiger partial charge in [0.05, 0.1) is 0 Å². The summed E-state index contributed by atoms with van der Waals surface area (Å²) in [6.45, 7) is 0. The van der Waals surface area contributed by atoms with Crippen molar-refractivity contribution in [3.05, 3.63) is 29.8 Å². The van der Waals surface area contributed by atoms with Gasteiger partial charge in [-0.05, 0) is 12.1 Å². The lowest BCUT2D eigenvalue weighted by Gasteiger charge is -1.98. The molecule has 3 N–H and O–H groups in total. The minimum absolute atomic E-state index is 0.0267. The van der Waals surface area contributed by atoms with Crippen LogP contribution in [0.4, 0.5) is 0 Å². The van der Waals surface area contributed by atoms with Gasteiger partial charge in [-0.1, -0.05) is 18.1 Å². The molecule has 0 aliphatic heterocycles. The highest BCUT2D eigenvalue weighted by Crippen LogP contribution is 2.13. The maximum Gasteiger partial charge on any atom is 0.295 e. The first-order chi connectivity index (χ1) is 6.91. The number of amides is 1. The average molecular weight is 225 g/mol. The summed E-state index contributed by atoms with van der Waals surface area (Å²) in [6.07, 6.45) is 0. The Hall–Kier alpha value is -1.84. The third-order valence-corrected chi connectivity index (χ3v) is 2.40. The molecular weight excluding hydrogens is 218 g/mol. The molecule has 0 aliphatic rings. The van der Waals surface area contributed by atoms with Crippen LogP contribution in [0, 0.1) is 11.8 Å². The highest BCUT2D eigenvalue weighted by Gasteiger charge is 2.12. The van der Waals surface area contributed by atoms with Crippen molar-refractivity contribution in [2.75, 3.05) is 0 Å². The number of hydrogen-bond acceptors (Lipinski definition) is 3. The van der Waals surface area contributed by atoms with Crippen LogP contribution in [0.3, 0.4) is 0 Å². The Morgan fingerprint density at radius 1 is 1.33 bits per heavy atom. The molecule has 15 heavy (non-hydrogen) atoms. The second-order valence-corrected chi connectivity index (χ2v) is 3.98. The van der Waals surface area contributed by atoms with Crippen molar-refractivity contribution in [1.29, 1.82) is 0 Å². The van der Waals surface area contributed by atoms with Crippen LogP contribution in [0.1, 0.15) is 5.56 Å². The lowest BCUT2D eigenvalue weighted by atomic mass is 10.2. The summed E-state index contributed by atoms with van der Waals surface area (Å²) in [7, 11) is -4.34. The summed E-state index contributed by atoms with van der Waals surface area (Å²) < 4.78 is 30.6. The van der Waals surface area contributed by atoms with Gasteiger partial charge in [-0.2, -0.15) is 8.42 Å². The van der Waals surface area contributed by atoms with E-state index in [9.17, 15) is 13.2 Å². The van der Waals surface area contributed by atoms with E-state index >= 15 is 0 Å². The zero-order valence-electron chi connectivity index (χ0n) is 7.47. The van der Waals surface area contributed by atoms with Gasteiger partial charge in [-0.15, -0.1) is 0 Å². The van der Waals surface area contributed by atoms with Crippen molar-refractivity contribution >= 4 is 16.0 Å². The molecule has 0 spiro atoms. The van der Waals surface area contributed by atoms with E-state index in [4.69, 9.17) is 10.3 Å². The van der Waals surface area contributed by atoms with Crippen LogP contribution in [-0.2, 0) is 14.9 Å². The Morgan fingerprint density at radius 3 is 2.47 bits per heavy atom. The molecule has 0 unspecified atom stereocenters. The van der Waals surface area contributed by atoms with Crippen molar-refractivity contribution in [2.45, 2.75) is 4.90 Å². The number of benzene rings is 1. The Morgan fingerprint density at radius 2 is 1.93 bits per heavy atom. The third-order valence-electron chi connectivity index (χ3n) is 1.49. The van der Waals surface area contributed by atoms with E-state index in [1.807, 2.05) is 5.92 Å². The molecule has 1 aromatic carbocycles. The molecular formula is C9H7NO4S. The fraction of sp³-hybridized carbons (Fsp3) is 0. The van der Waals surface area contributed by atoms with Crippen molar-refractivity contribution < 1.29 is 17.8 Å². The van der Waals surface area contributed by atoms with Crippen molar-refractivity contribution in [1.82, 2.24) is 0 Å². The topological polar surface area (TPSA) is 97.5 Å². The lowest BCUT2D eigenvalue weighted by Crippen LogP contribution is -2.07. The van der Waals surface area contributed by atoms with Gasteiger partial charge in [0, 0.05) is 11.5 Å². The molecule has 0 bridgehead atoms. The summed E-state index contributed by atoms with van der Waals surface area (Å²) in [5, 5.41) is 0. The molecule has 0 fully saturated rings. The molecule has 0 atom stereocenters. The SMILES string of the molecule is NC(=O)C#Cc1ccccc1S(=O)(=O)O. The van der Waals surface area contributed by atoms with E-state index < -0.39 is 16.0 Å². The van der Waals surface area contributed by atoms with E-state index in [1.165, 1.54) is 24.3 Å². The number of nitrogens with two attached hydrogens (primary N) is 1. The van der Waals surface area contributed by atoms with Crippen LogP contribution in [0.2, 0.25) is 0 Å². The first-order valence-electron chi connectivity index (χ1n) is 3.79. The molecule has 0 aromatic heterocycles. The fourth-order valence-electron chi connectivity index (χ4n) is 0.924. The molecule has 1 rings (SSSR count). The summed E-state index contributed by atoms with van der Waals surface area (Å²) in [5.41, 5.74) is 4.80. The van der Waals surface area contributed by atoms with E-state index in [1.54, 1.807) is 0 Å². The lowest BCUT2D eigenvalue weighted by molar-refractivity contribution is -0.112. The van der Waals surface area contributed by atoms with Crippen molar-refractivity contribution in [3.8, 4) is 11.8 Å². The first-order valence-corrected chi connectivity index (χ1v) is 5.23. The normalized spacial score (nSPS) is 10.2. The summed E-state index contributed by atoms with van der Waals surface area (Å²) >= 11 is 0. The average Bonchev–Trinajstić information content (AvgIpc) is 2.13. The molecule has 0 saturated carbocycles. The van der Waals surface area contributed by atoms with Gasteiger partial charge < -0.3 is 5.73 Å². The van der Waals surface area contributed by atoms with Gasteiger partial charge in [0.25, 0.3) is 16.0 Å². The van der Waals surface area contributed by atoms with Gasteiger partial charge >= 0.3 is 0 Å². The molecule has 1 amide bonds. The summed E-state index contributed by atoms with van der Waals surface area (Å²) in [6, 6.07) is 5.50. The van der Waals surface area contributed by atoms with Crippen LogP contribution in [0.25, 0.3) is 0 Å². The van der Waals surface area contributed by atoms with Crippen molar-refractivity contribution in [2.24, 2.45) is 5.73 Å². The monoisotopic (exact) mass is 225 g/mol. The molecule has 6 heteroatoms. The molecule has 1 aromatic rings. The van der Waals surface area contributed by atoms with Gasteiger partial charge in [-0.3, -0.25) is 9.35 Å². The molecule has 0 heterocycles. The summed E-state index contributed by atoms with van der Waals surface area (Å²) in [5.74, 6) is 3.37. The largest absolute Gasteiger partial charge is 0.359 e. The molecule has 0 aliphatic carbocycles. The van der Waals surface area contributed by atoms with Crippen LogP contribution in [-0.4, -0.2) is 18.9 Å². The maximum atomic E-state index is 10.9. The van der Waals surface area contributed by atoms with Gasteiger partial charge in [0.15, 0.2) is 0 Å². The van der Waals surface area contributed by atoms with E-state index in [2.05, 4.69) is 5.92 Å². The highest BCUT2D eigenvalue weighted by molar-refractivity contribution is 7.85. The minimum atomic E-state index is -4.34.